The van der Waals surface area contributed by atoms with E-state index in [1.807, 2.05) is 25.1 Å². The number of carbonyl (C=O) groups excluding carboxylic acids is 1. The summed E-state index contributed by atoms with van der Waals surface area (Å²) >= 11 is 6.02. The van der Waals surface area contributed by atoms with E-state index in [2.05, 4.69) is 22.3 Å². The fourth-order valence-electron chi connectivity index (χ4n) is 3.10. The monoisotopic (exact) mass is 372 g/mol. The van der Waals surface area contributed by atoms with Crippen molar-refractivity contribution in [1.29, 1.82) is 0 Å². The fraction of sp³-hybridized carbons (Fsp3) is 0.381. The van der Waals surface area contributed by atoms with Gasteiger partial charge < -0.3 is 15.0 Å². The van der Waals surface area contributed by atoms with Crippen LogP contribution in [0.3, 0.4) is 0 Å². The van der Waals surface area contributed by atoms with Crippen LogP contribution < -0.4 is 15.0 Å². The lowest BCUT2D eigenvalue weighted by Gasteiger charge is -2.28. The van der Waals surface area contributed by atoms with Crippen molar-refractivity contribution >= 4 is 28.9 Å². The van der Waals surface area contributed by atoms with Gasteiger partial charge in [-0.1, -0.05) is 11.6 Å². The van der Waals surface area contributed by atoms with Gasteiger partial charge in [-0.25, -0.2) is 0 Å². The van der Waals surface area contributed by atoms with Crippen molar-refractivity contribution in [2.45, 2.75) is 39.2 Å². The molecule has 1 fully saturated rings. The van der Waals surface area contributed by atoms with Crippen molar-refractivity contribution in [2.75, 3.05) is 23.3 Å². The molecule has 26 heavy (non-hydrogen) atoms. The topological polar surface area (TPSA) is 41.6 Å². The Morgan fingerprint density at radius 1 is 1.12 bits per heavy atom. The van der Waals surface area contributed by atoms with E-state index in [0.717, 1.165) is 24.3 Å². The van der Waals surface area contributed by atoms with Crippen LogP contribution in [0.4, 0.5) is 11.4 Å². The minimum Gasteiger partial charge on any atom is -0.481 e. The van der Waals surface area contributed by atoms with Gasteiger partial charge in [0.1, 0.15) is 5.75 Å². The molecule has 0 aromatic heterocycles. The number of piperidine rings is 1. The van der Waals surface area contributed by atoms with Crippen molar-refractivity contribution in [3.8, 4) is 5.75 Å². The van der Waals surface area contributed by atoms with Gasteiger partial charge in [0, 0.05) is 29.5 Å². The highest BCUT2D eigenvalue weighted by molar-refractivity contribution is 6.31. The number of anilines is 2. The Balaban J connectivity index is 1.57. The third-order valence-electron chi connectivity index (χ3n) is 4.67. The number of nitrogens with zero attached hydrogens (tertiary/aromatic N) is 1. The molecule has 3 rings (SSSR count). The van der Waals surface area contributed by atoms with Crippen LogP contribution in [-0.4, -0.2) is 25.1 Å². The molecule has 4 nitrogen and oxygen atoms in total. The molecule has 1 atom stereocenters. The summed E-state index contributed by atoms with van der Waals surface area (Å²) in [6.07, 6.45) is 3.21. The lowest BCUT2D eigenvalue weighted by atomic mass is 10.1. The van der Waals surface area contributed by atoms with E-state index in [4.69, 9.17) is 16.3 Å². The number of ether oxygens (including phenoxy) is 1. The van der Waals surface area contributed by atoms with Gasteiger partial charge in [0.25, 0.3) is 5.91 Å². The Bertz CT molecular complexity index is 755. The summed E-state index contributed by atoms with van der Waals surface area (Å²) in [5.41, 5.74) is 2.91. The quantitative estimate of drug-likeness (QED) is 0.798. The van der Waals surface area contributed by atoms with Gasteiger partial charge in [-0.3, -0.25) is 4.79 Å². The van der Waals surface area contributed by atoms with E-state index in [1.54, 1.807) is 19.1 Å². The lowest BCUT2D eigenvalue weighted by Crippen LogP contribution is -2.30. The SMILES string of the molecule is Cc1cc(O[C@H](C)C(=O)Nc2ccc(N3CCCCC3)cc2)ccc1Cl. The zero-order valence-electron chi connectivity index (χ0n) is 15.3. The van der Waals surface area contributed by atoms with E-state index in [0.29, 0.717) is 10.8 Å². The Kier molecular flexibility index (Phi) is 6.04. The highest BCUT2D eigenvalue weighted by Crippen LogP contribution is 2.23. The lowest BCUT2D eigenvalue weighted by molar-refractivity contribution is -0.122. The largest absolute Gasteiger partial charge is 0.481 e. The van der Waals surface area contributed by atoms with Gasteiger partial charge in [0.05, 0.1) is 0 Å². The number of rotatable bonds is 5. The first kappa shape index (κ1) is 18.6. The smallest absolute Gasteiger partial charge is 0.265 e. The molecule has 1 aliphatic heterocycles. The number of carbonyl (C=O) groups is 1. The molecular weight excluding hydrogens is 348 g/mol. The van der Waals surface area contributed by atoms with Crippen LogP contribution in [-0.2, 0) is 4.79 Å². The van der Waals surface area contributed by atoms with Gasteiger partial charge in [0.2, 0.25) is 0 Å². The number of amides is 1. The second kappa shape index (κ2) is 8.45. The Morgan fingerprint density at radius 3 is 2.46 bits per heavy atom. The molecule has 1 aliphatic rings. The average molecular weight is 373 g/mol. The molecule has 1 N–H and O–H groups in total. The number of aryl methyl sites for hydroxylation is 1. The summed E-state index contributed by atoms with van der Waals surface area (Å²) in [7, 11) is 0. The molecule has 5 heteroatoms. The molecule has 0 spiro atoms. The fourth-order valence-corrected chi connectivity index (χ4v) is 3.22. The van der Waals surface area contributed by atoms with Crippen LogP contribution in [0.5, 0.6) is 5.75 Å². The van der Waals surface area contributed by atoms with E-state index < -0.39 is 6.10 Å². The maximum Gasteiger partial charge on any atom is 0.265 e. The summed E-state index contributed by atoms with van der Waals surface area (Å²) in [5, 5.41) is 3.59. The van der Waals surface area contributed by atoms with E-state index in [-0.39, 0.29) is 5.91 Å². The number of nitrogens with one attached hydrogen (secondary N) is 1. The normalized spacial score (nSPS) is 15.4. The molecule has 1 amide bonds. The number of halogens is 1. The zero-order valence-corrected chi connectivity index (χ0v) is 16.1. The Hall–Kier alpha value is -2.20. The predicted octanol–water partition coefficient (Wildman–Crippen LogP) is 5.04. The van der Waals surface area contributed by atoms with E-state index in [1.165, 1.54) is 24.9 Å². The molecule has 0 aliphatic carbocycles. The van der Waals surface area contributed by atoms with Crippen LogP contribution in [0.15, 0.2) is 42.5 Å². The molecule has 0 radical (unpaired) electrons. The maximum atomic E-state index is 12.4. The molecule has 0 bridgehead atoms. The van der Waals surface area contributed by atoms with E-state index >= 15 is 0 Å². The second-order valence-electron chi connectivity index (χ2n) is 6.75. The first-order valence-electron chi connectivity index (χ1n) is 9.11. The summed E-state index contributed by atoms with van der Waals surface area (Å²) < 4.78 is 5.72. The molecular formula is C21H25ClN2O2. The van der Waals surface area contributed by atoms with Crippen molar-refractivity contribution in [1.82, 2.24) is 0 Å². The molecule has 1 saturated heterocycles. The number of hydrogen-bond acceptors (Lipinski definition) is 3. The summed E-state index contributed by atoms with van der Waals surface area (Å²) in [6.45, 7) is 5.86. The van der Waals surface area contributed by atoms with Crippen LogP contribution in [0, 0.1) is 6.92 Å². The molecule has 138 valence electrons. The molecule has 0 saturated carbocycles. The molecule has 2 aromatic rings. The summed E-state index contributed by atoms with van der Waals surface area (Å²) in [4.78, 5) is 14.8. The van der Waals surface area contributed by atoms with Gasteiger partial charge in [-0.05, 0) is 81.1 Å². The van der Waals surface area contributed by atoms with Crippen LogP contribution in [0.1, 0.15) is 31.7 Å². The standard InChI is InChI=1S/C21H25ClN2O2/c1-15-14-19(10-11-20(15)22)26-16(2)21(25)23-17-6-8-18(9-7-17)24-12-4-3-5-13-24/h6-11,14,16H,3-5,12-13H2,1-2H3,(H,23,25)/t16-/m1/s1. The Labute approximate surface area is 160 Å². The number of hydrogen-bond donors (Lipinski definition) is 1. The highest BCUT2D eigenvalue weighted by Gasteiger charge is 2.16. The van der Waals surface area contributed by atoms with Crippen molar-refractivity contribution in [3.05, 3.63) is 53.1 Å². The van der Waals surface area contributed by atoms with E-state index in [9.17, 15) is 4.79 Å². The average Bonchev–Trinajstić information content (AvgIpc) is 2.66. The highest BCUT2D eigenvalue weighted by atomic mass is 35.5. The van der Waals surface area contributed by atoms with Crippen molar-refractivity contribution in [2.24, 2.45) is 0 Å². The van der Waals surface area contributed by atoms with Crippen LogP contribution >= 0.6 is 11.6 Å². The minimum absolute atomic E-state index is 0.177. The third kappa shape index (κ3) is 4.70. The minimum atomic E-state index is -0.600. The maximum absolute atomic E-state index is 12.4. The zero-order chi connectivity index (χ0) is 18.5. The number of benzene rings is 2. The first-order valence-corrected chi connectivity index (χ1v) is 9.49. The molecule has 1 heterocycles. The molecule has 0 unspecified atom stereocenters. The van der Waals surface area contributed by atoms with Crippen molar-refractivity contribution in [3.63, 3.8) is 0 Å². The van der Waals surface area contributed by atoms with Crippen LogP contribution in [0.25, 0.3) is 0 Å². The van der Waals surface area contributed by atoms with Gasteiger partial charge in [-0.15, -0.1) is 0 Å². The summed E-state index contributed by atoms with van der Waals surface area (Å²) in [5.74, 6) is 0.457. The first-order chi connectivity index (χ1) is 12.5. The second-order valence-corrected chi connectivity index (χ2v) is 7.16. The van der Waals surface area contributed by atoms with Crippen molar-refractivity contribution < 1.29 is 9.53 Å². The third-order valence-corrected chi connectivity index (χ3v) is 5.09. The Morgan fingerprint density at radius 2 is 1.81 bits per heavy atom. The van der Waals surface area contributed by atoms with Gasteiger partial charge in [-0.2, -0.15) is 0 Å². The molecule has 2 aromatic carbocycles. The van der Waals surface area contributed by atoms with Gasteiger partial charge in [0.15, 0.2) is 6.10 Å². The summed E-state index contributed by atoms with van der Waals surface area (Å²) in [6, 6.07) is 13.4. The predicted molar refractivity (Wildman–Crippen MR) is 107 cm³/mol. The van der Waals surface area contributed by atoms with Crippen LogP contribution in [0.2, 0.25) is 5.02 Å². The van der Waals surface area contributed by atoms with Gasteiger partial charge >= 0.3 is 0 Å².